The molecule has 1 amide bonds. The summed E-state index contributed by atoms with van der Waals surface area (Å²) in [5.41, 5.74) is 2.17. The van der Waals surface area contributed by atoms with Crippen LogP contribution in [-0.4, -0.2) is 62.0 Å². The van der Waals surface area contributed by atoms with Crippen LogP contribution >= 0.6 is 0 Å². The van der Waals surface area contributed by atoms with E-state index in [2.05, 4.69) is 4.90 Å². The third kappa shape index (κ3) is 6.74. The molecule has 1 aliphatic heterocycles. The van der Waals surface area contributed by atoms with Gasteiger partial charge in [0, 0.05) is 13.0 Å². The van der Waals surface area contributed by atoms with Crippen molar-refractivity contribution in [2.45, 2.75) is 55.6 Å². The summed E-state index contributed by atoms with van der Waals surface area (Å²) in [6, 6.07) is 12.9. The summed E-state index contributed by atoms with van der Waals surface area (Å²) in [6.45, 7) is 7.55. The van der Waals surface area contributed by atoms with Gasteiger partial charge in [-0.3, -0.25) is 10.0 Å². The van der Waals surface area contributed by atoms with Crippen LogP contribution in [0.2, 0.25) is 0 Å². The highest BCUT2D eigenvalue weighted by Crippen LogP contribution is 2.31. The summed E-state index contributed by atoms with van der Waals surface area (Å²) >= 11 is 0. The first-order valence-corrected chi connectivity index (χ1v) is 13.6. The number of carbonyl (C=O) groups excluding carboxylic acids is 1. The Bertz CT molecular complexity index is 1050. The number of piperidine rings is 1. The van der Waals surface area contributed by atoms with Crippen molar-refractivity contribution >= 4 is 15.7 Å². The molecule has 192 valence electrons. The van der Waals surface area contributed by atoms with Gasteiger partial charge in [0.15, 0.2) is 14.6 Å². The van der Waals surface area contributed by atoms with Crippen LogP contribution < -0.4 is 15.0 Å². The van der Waals surface area contributed by atoms with Crippen molar-refractivity contribution in [2.75, 3.05) is 32.8 Å². The van der Waals surface area contributed by atoms with Gasteiger partial charge in [-0.15, -0.1) is 0 Å². The Kier molecular flexibility index (Phi) is 9.54. The molecule has 2 N–H and O–H groups in total. The van der Waals surface area contributed by atoms with E-state index in [0.717, 1.165) is 26.1 Å². The maximum Gasteiger partial charge on any atom is 0.265 e. The van der Waals surface area contributed by atoms with Gasteiger partial charge >= 0.3 is 0 Å². The van der Waals surface area contributed by atoms with E-state index in [-0.39, 0.29) is 11.3 Å². The van der Waals surface area contributed by atoms with Crippen LogP contribution in [0.25, 0.3) is 0 Å². The van der Waals surface area contributed by atoms with Crippen LogP contribution in [-0.2, 0) is 21.1 Å². The molecule has 0 aromatic heterocycles. The molecular weight excluding hydrogens is 468 g/mol. The monoisotopic (exact) mass is 504 g/mol. The van der Waals surface area contributed by atoms with E-state index in [4.69, 9.17) is 9.47 Å². The summed E-state index contributed by atoms with van der Waals surface area (Å²) in [6.07, 6.45) is 4.68. The lowest BCUT2D eigenvalue weighted by molar-refractivity contribution is -0.131. The maximum atomic E-state index is 13.5. The van der Waals surface area contributed by atoms with Crippen LogP contribution in [0.4, 0.5) is 0 Å². The first kappa shape index (κ1) is 27.0. The number of likely N-dealkylation sites (tertiary alicyclic amines) is 1. The van der Waals surface area contributed by atoms with Gasteiger partial charge in [0.25, 0.3) is 5.91 Å². The molecule has 9 heteroatoms. The molecule has 2 aromatic carbocycles. The second-order valence-electron chi connectivity index (χ2n) is 9.00. The smallest absolute Gasteiger partial charge is 0.265 e. The molecule has 0 radical (unpaired) electrons. The van der Waals surface area contributed by atoms with Crippen LogP contribution in [0.15, 0.2) is 53.4 Å². The molecule has 1 aliphatic rings. The standard InChI is InChI=1S/C26H36N2O6S/c1-3-33-22-12-14-24(15-13-22)35(31,32)26(2,25(29)27-30)20-21-8-10-23(11-9-21)34-19-7-18-28-16-5-4-6-17-28/h8-15,30H,3-7,16-20H2,1-2H3,(H,27,29). The molecule has 1 heterocycles. The van der Waals surface area contributed by atoms with Crippen molar-refractivity contribution in [2.24, 2.45) is 0 Å². The van der Waals surface area contributed by atoms with Gasteiger partial charge in [-0.25, -0.2) is 13.9 Å². The van der Waals surface area contributed by atoms with Crippen molar-refractivity contribution in [1.29, 1.82) is 0 Å². The highest BCUT2D eigenvalue weighted by Gasteiger charge is 2.47. The summed E-state index contributed by atoms with van der Waals surface area (Å²) in [4.78, 5) is 15.0. The largest absolute Gasteiger partial charge is 0.494 e. The molecule has 0 bridgehead atoms. The molecule has 3 rings (SSSR count). The van der Waals surface area contributed by atoms with E-state index in [0.29, 0.717) is 30.3 Å². The topological polar surface area (TPSA) is 105 Å². The van der Waals surface area contributed by atoms with Crippen LogP contribution in [0, 0.1) is 0 Å². The van der Waals surface area contributed by atoms with E-state index in [1.165, 1.54) is 43.8 Å². The Labute approximate surface area is 208 Å². The highest BCUT2D eigenvalue weighted by atomic mass is 32.2. The number of sulfone groups is 1. The Morgan fingerprint density at radius 3 is 2.20 bits per heavy atom. The van der Waals surface area contributed by atoms with Crippen molar-refractivity contribution in [3.05, 3.63) is 54.1 Å². The van der Waals surface area contributed by atoms with Gasteiger partial charge in [0.05, 0.1) is 18.1 Å². The Morgan fingerprint density at radius 2 is 1.60 bits per heavy atom. The summed E-state index contributed by atoms with van der Waals surface area (Å²) in [5, 5.41) is 9.32. The fraction of sp³-hybridized carbons (Fsp3) is 0.500. The summed E-state index contributed by atoms with van der Waals surface area (Å²) in [5.74, 6) is 0.228. The van der Waals surface area contributed by atoms with Gasteiger partial charge < -0.3 is 14.4 Å². The number of hydrogen-bond acceptors (Lipinski definition) is 7. The number of carbonyl (C=O) groups is 1. The van der Waals surface area contributed by atoms with Gasteiger partial charge in [0.1, 0.15) is 11.5 Å². The lowest BCUT2D eigenvalue weighted by atomic mass is 9.99. The van der Waals surface area contributed by atoms with Crippen molar-refractivity contribution < 1.29 is 27.9 Å². The first-order chi connectivity index (χ1) is 16.8. The fourth-order valence-electron chi connectivity index (χ4n) is 4.31. The van der Waals surface area contributed by atoms with Gasteiger partial charge in [-0.05, 0) is 88.2 Å². The van der Waals surface area contributed by atoms with Crippen molar-refractivity contribution in [3.63, 3.8) is 0 Å². The average molecular weight is 505 g/mol. The normalized spacial score (nSPS) is 16.3. The third-order valence-corrected chi connectivity index (χ3v) is 8.83. The lowest BCUT2D eigenvalue weighted by Gasteiger charge is -2.27. The quantitative estimate of drug-likeness (QED) is 0.258. The molecular formula is C26H36N2O6S. The Hall–Kier alpha value is -2.62. The Morgan fingerprint density at radius 1 is 1.00 bits per heavy atom. The summed E-state index contributed by atoms with van der Waals surface area (Å²) < 4.78 is 36.2. The van der Waals surface area contributed by atoms with Gasteiger partial charge in [0.2, 0.25) is 0 Å². The zero-order chi connectivity index (χ0) is 25.3. The van der Waals surface area contributed by atoms with E-state index in [1.54, 1.807) is 36.4 Å². The number of ether oxygens (including phenoxy) is 2. The zero-order valence-corrected chi connectivity index (χ0v) is 21.4. The molecule has 1 atom stereocenters. The number of hydroxylamine groups is 1. The van der Waals surface area contributed by atoms with E-state index in [9.17, 15) is 18.4 Å². The highest BCUT2D eigenvalue weighted by molar-refractivity contribution is 7.93. The van der Waals surface area contributed by atoms with Gasteiger partial charge in [-0.2, -0.15) is 0 Å². The third-order valence-electron chi connectivity index (χ3n) is 6.42. The predicted molar refractivity (Wildman–Crippen MR) is 134 cm³/mol. The SMILES string of the molecule is CCOc1ccc(S(=O)(=O)C(C)(Cc2ccc(OCCCN3CCCCC3)cc2)C(=O)NO)cc1. The molecule has 0 saturated carbocycles. The molecule has 0 aliphatic carbocycles. The van der Waals surface area contributed by atoms with Crippen molar-refractivity contribution in [3.8, 4) is 11.5 Å². The first-order valence-electron chi connectivity index (χ1n) is 12.2. The Balaban J connectivity index is 1.66. The minimum Gasteiger partial charge on any atom is -0.494 e. The van der Waals surface area contributed by atoms with E-state index >= 15 is 0 Å². The molecule has 1 fully saturated rings. The molecule has 35 heavy (non-hydrogen) atoms. The van der Waals surface area contributed by atoms with Gasteiger partial charge in [-0.1, -0.05) is 18.6 Å². The fourth-order valence-corrected chi connectivity index (χ4v) is 5.97. The van der Waals surface area contributed by atoms with Crippen LogP contribution in [0.3, 0.4) is 0 Å². The maximum absolute atomic E-state index is 13.5. The second-order valence-corrected chi connectivity index (χ2v) is 11.4. The minimum absolute atomic E-state index is 0.0271. The lowest BCUT2D eigenvalue weighted by Crippen LogP contribution is -2.51. The number of amides is 1. The predicted octanol–water partition coefficient (Wildman–Crippen LogP) is 3.62. The number of rotatable bonds is 12. The van der Waals surface area contributed by atoms with E-state index < -0.39 is 20.5 Å². The average Bonchev–Trinajstić information content (AvgIpc) is 2.88. The molecule has 8 nitrogen and oxygen atoms in total. The second kappa shape index (κ2) is 12.4. The van der Waals surface area contributed by atoms with Crippen molar-refractivity contribution in [1.82, 2.24) is 10.4 Å². The molecule has 1 saturated heterocycles. The molecule has 2 aromatic rings. The minimum atomic E-state index is -4.14. The zero-order valence-electron chi connectivity index (χ0n) is 20.5. The molecule has 1 unspecified atom stereocenters. The number of nitrogens with one attached hydrogen (secondary N) is 1. The number of nitrogens with zero attached hydrogens (tertiary/aromatic N) is 1. The van der Waals surface area contributed by atoms with Crippen LogP contribution in [0.5, 0.6) is 11.5 Å². The number of benzene rings is 2. The van der Waals surface area contributed by atoms with Crippen LogP contribution in [0.1, 0.15) is 45.1 Å². The number of hydrogen-bond donors (Lipinski definition) is 2. The molecule has 0 spiro atoms. The summed E-state index contributed by atoms with van der Waals surface area (Å²) in [7, 11) is -4.14. The van der Waals surface area contributed by atoms with E-state index in [1.807, 2.05) is 6.92 Å².